The molecule has 1 aliphatic rings. The first-order valence-electron chi connectivity index (χ1n) is 4.59. The molecule has 1 saturated carbocycles. The monoisotopic (exact) mass is 265 g/mol. The van der Waals surface area contributed by atoms with Gasteiger partial charge in [0.05, 0.1) is 6.04 Å². The first kappa shape index (κ1) is 11.9. The molecule has 1 amide bonds. The number of nitrogens with one attached hydrogen (secondary N) is 1. The van der Waals surface area contributed by atoms with Crippen LogP contribution in [0.3, 0.4) is 0 Å². The third kappa shape index (κ3) is 2.68. The lowest BCUT2D eigenvalue weighted by molar-refractivity contribution is -0.135. The van der Waals surface area contributed by atoms with E-state index in [4.69, 9.17) is 9.47 Å². The highest BCUT2D eigenvalue weighted by Crippen LogP contribution is 2.44. The predicted molar refractivity (Wildman–Crippen MR) is 56.3 cm³/mol. The average Bonchev–Trinajstić information content (AvgIpc) is 2.87. The minimum atomic E-state index is -0.395. The van der Waals surface area contributed by atoms with Gasteiger partial charge >= 0.3 is 0 Å². The number of amides is 1. The van der Waals surface area contributed by atoms with Crippen molar-refractivity contribution < 1.29 is 14.3 Å². The Bertz CT molecular complexity index is 214. The number of halogens is 1. The van der Waals surface area contributed by atoms with E-state index in [9.17, 15) is 4.79 Å². The maximum Gasteiger partial charge on any atom is 0.237 e. The van der Waals surface area contributed by atoms with E-state index in [1.54, 1.807) is 14.2 Å². The highest BCUT2D eigenvalue weighted by atomic mass is 79.9. The third-order valence-electron chi connectivity index (χ3n) is 2.33. The van der Waals surface area contributed by atoms with Crippen molar-refractivity contribution in [3.8, 4) is 0 Å². The van der Waals surface area contributed by atoms with Gasteiger partial charge in [-0.2, -0.15) is 0 Å². The third-order valence-corrected chi connectivity index (χ3v) is 3.48. The minimum absolute atomic E-state index is 0.0177. The SMILES string of the molecule is COC(OC)C(C)NC(=O)C1(Br)CC1. The lowest BCUT2D eigenvalue weighted by Gasteiger charge is -2.23. The number of rotatable bonds is 5. The van der Waals surface area contributed by atoms with Gasteiger partial charge in [-0.15, -0.1) is 0 Å². The summed E-state index contributed by atoms with van der Waals surface area (Å²) < 4.78 is 9.76. The Hall–Kier alpha value is -0.130. The van der Waals surface area contributed by atoms with Crippen LogP contribution in [0.2, 0.25) is 0 Å². The molecule has 0 aromatic carbocycles. The summed E-state index contributed by atoms with van der Waals surface area (Å²) in [6.07, 6.45) is 1.40. The fourth-order valence-electron chi connectivity index (χ4n) is 1.25. The molecule has 0 aliphatic heterocycles. The van der Waals surface area contributed by atoms with Crippen LogP contribution in [0.4, 0.5) is 0 Å². The van der Waals surface area contributed by atoms with Gasteiger partial charge in [0.25, 0.3) is 0 Å². The van der Waals surface area contributed by atoms with Crippen LogP contribution >= 0.6 is 15.9 Å². The van der Waals surface area contributed by atoms with Gasteiger partial charge in [0, 0.05) is 14.2 Å². The molecular formula is C9H16BrNO3. The molecule has 0 radical (unpaired) electrons. The fourth-order valence-corrected chi connectivity index (χ4v) is 1.56. The summed E-state index contributed by atoms with van der Waals surface area (Å²) in [5.74, 6) is 0.0177. The topological polar surface area (TPSA) is 47.6 Å². The maximum absolute atomic E-state index is 11.6. The van der Waals surface area contributed by atoms with E-state index in [-0.39, 0.29) is 16.3 Å². The summed E-state index contributed by atoms with van der Waals surface area (Å²) in [5.41, 5.74) is 0. The summed E-state index contributed by atoms with van der Waals surface area (Å²) in [5, 5.41) is 2.85. The summed E-state index contributed by atoms with van der Waals surface area (Å²) in [4.78, 5) is 11.6. The van der Waals surface area contributed by atoms with E-state index in [2.05, 4.69) is 21.2 Å². The van der Waals surface area contributed by atoms with Gasteiger partial charge in [-0.05, 0) is 19.8 Å². The second-order valence-electron chi connectivity index (χ2n) is 3.57. The number of methoxy groups -OCH3 is 2. The van der Waals surface area contributed by atoms with Gasteiger partial charge in [0.2, 0.25) is 5.91 Å². The van der Waals surface area contributed by atoms with Crippen LogP contribution in [0, 0.1) is 0 Å². The normalized spacial score (nSPS) is 20.6. The number of ether oxygens (including phenoxy) is 2. The number of carbonyl (C=O) groups excluding carboxylic acids is 1. The van der Waals surface area contributed by atoms with E-state index in [0.717, 1.165) is 12.8 Å². The molecule has 1 atom stereocenters. The Morgan fingerprint density at radius 1 is 1.43 bits per heavy atom. The first-order chi connectivity index (χ1) is 6.53. The molecule has 0 saturated heterocycles. The lowest BCUT2D eigenvalue weighted by Crippen LogP contribution is -2.46. The average molecular weight is 266 g/mol. The van der Waals surface area contributed by atoms with Crippen molar-refractivity contribution in [2.24, 2.45) is 0 Å². The Morgan fingerprint density at radius 2 is 1.93 bits per heavy atom. The standard InChI is InChI=1S/C9H16BrNO3/c1-6(7(13-2)14-3)11-8(12)9(10)4-5-9/h6-7H,4-5H2,1-3H3,(H,11,12). The van der Waals surface area contributed by atoms with Gasteiger partial charge in [0.1, 0.15) is 4.32 Å². The van der Waals surface area contributed by atoms with Crippen LogP contribution in [0.15, 0.2) is 0 Å². The predicted octanol–water partition coefficient (Wildman–Crippen LogP) is 1.04. The quantitative estimate of drug-likeness (QED) is 0.597. The second-order valence-corrected chi connectivity index (χ2v) is 5.09. The van der Waals surface area contributed by atoms with Crippen LogP contribution in [0.1, 0.15) is 19.8 Å². The number of alkyl halides is 1. The molecule has 0 aromatic rings. The molecule has 0 heterocycles. The molecule has 0 bridgehead atoms. The maximum atomic E-state index is 11.6. The Labute approximate surface area is 92.5 Å². The van der Waals surface area contributed by atoms with E-state index >= 15 is 0 Å². The number of hydrogen-bond donors (Lipinski definition) is 1. The van der Waals surface area contributed by atoms with E-state index < -0.39 is 6.29 Å². The van der Waals surface area contributed by atoms with Crippen LogP contribution in [-0.2, 0) is 14.3 Å². The van der Waals surface area contributed by atoms with Gasteiger partial charge in [0.15, 0.2) is 6.29 Å². The van der Waals surface area contributed by atoms with Crippen LogP contribution in [0.25, 0.3) is 0 Å². The van der Waals surface area contributed by atoms with Gasteiger partial charge in [-0.3, -0.25) is 4.79 Å². The number of carbonyl (C=O) groups is 1. The Morgan fingerprint density at radius 3 is 2.29 bits per heavy atom. The van der Waals surface area contributed by atoms with Crippen molar-refractivity contribution in [2.75, 3.05) is 14.2 Å². The molecule has 0 aromatic heterocycles. The molecule has 1 unspecified atom stereocenters. The molecular weight excluding hydrogens is 250 g/mol. The highest BCUT2D eigenvalue weighted by Gasteiger charge is 2.48. The highest BCUT2D eigenvalue weighted by molar-refractivity contribution is 9.10. The zero-order valence-electron chi connectivity index (χ0n) is 8.67. The molecule has 1 fully saturated rings. The minimum Gasteiger partial charge on any atom is -0.354 e. The molecule has 1 aliphatic carbocycles. The van der Waals surface area contributed by atoms with Crippen molar-refractivity contribution >= 4 is 21.8 Å². The van der Waals surface area contributed by atoms with Crippen molar-refractivity contribution in [2.45, 2.75) is 36.4 Å². The van der Waals surface area contributed by atoms with Crippen LogP contribution in [0.5, 0.6) is 0 Å². The van der Waals surface area contributed by atoms with Crippen LogP contribution in [-0.4, -0.2) is 36.8 Å². The van der Waals surface area contributed by atoms with Crippen molar-refractivity contribution in [3.63, 3.8) is 0 Å². The van der Waals surface area contributed by atoms with Crippen molar-refractivity contribution in [1.29, 1.82) is 0 Å². The van der Waals surface area contributed by atoms with Crippen LogP contribution < -0.4 is 5.32 Å². The first-order valence-corrected chi connectivity index (χ1v) is 5.38. The molecule has 1 rings (SSSR count). The molecule has 4 nitrogen and oxygen atoms in total. The van der Waals surface area contributed by atoms with Gasteiger partial charge < -0.3 is 14.8 Å². The summed E-state index contributed by atoms with van der Waals surface area (Å²) in [7, 11) is 3.11. The lowest BCUT2D eigenvalue weighted by atomic mass is 10.3. The zero-order chi connectivity index (χ0) is 10.8. The smallest absolute Gasteiger partial charge is 0.237 e. The summed E-state index contributed by atoms with van der Waals surface area (Å²) in [6, 6.07) is -0.146. The van der Waals surface area contributed by atoms with E-state index in [1.165, 1.54) is 0 Å². The molecule has 1 N–H and O–H groups in total. The Kier molecular flexibility index (Phi) is 3.92. The zero-order valence-corrected chi connectivity index (χ0v) is 10.3. The summed E-state index contributed by atoms with van der Waals surface area (Å²) in [6.45, 7) is 1.86. The van der Waals surface area contributed by atoms with Crippen molar-refractivity contribution in [3.05, 3.63) is 0 Å². The summed E-state index contributed by atoms with van der Waals surface area (Å²) >= 11 is 3.38. The van der Waals surface area contributed by atoms with Gasteiger partial charge in [-0.1, -0.05) is 15.9 Å². The second kappa shape index (κ2) is 4.59. The van der Waals surface area contributed by atoms with E-state index in [1.807, 2.05) is 6.92 Å². The van der Waals surface area contributed by atoms with Crippen molar-refractivity contribution in [1.82, 2.24) is 5.32 Å². The molecule has 14 heavy (non-hydrogen) atoms. The fraction of sp³-hybridized carbons (Fsp3) is 0.889. The van der Waals surface area contributed by atoms with Gasteiger partial charge in [-0.25, -0.2) is 0 Å². The Balaban J connectivity index is 2.39. The molecule has 82 valence electrons. The number of hydrogen-bond acceptors (Lipinski definition) is 3. The largest absolute Gasteiger partial charge is 0.354 e. The molecule has 5 heteroatoms. The molecule has 0 spiro atoms. The van der Waals surface area contributed by atoms with E-state index in [0.29, 0.717) is 0 Å².